The molecule has 0 unspecified atom stereocenters. The zero-order chi connectivity index (χ0) is 17.6. The minimum absolute atomic E-state index is 0.00297. The van der Waals surface area contributed by atoms with Crippen LogP contribution in [0.5, 0.6) is 0 Å². The molecule has 4 nitrogen and oxygen atoms in total. The highest BCUT2D eigenvalue weighted by Crippen LogP contribution is 2.36. The van der Waals surface area contributed by atoms with Gasteiger partial charge in [0.1, 0.15) is 4.83 Å². The molecule has 3 aromatic rings. The average Bonchev–Trinajstić information content (AvgIpc) is 3.14. The van der Waals surface area contributed by atoms with Crippen LogP contribution in [0.15, 0.2) is 28.2 Å². The number of nitriles is 1. The van der Waals surface area contributed by atoms with Crippen molar-refractivity contribution in [2.45, 2.75) is 38.3 Å². The number of hydrogen-bond acceptors (Lipinski definition) is 5. The average molecular weight is 367 g/mol. The van der Waals surface area contributed by atoms with Gasteiger partial charge in [-0.15, -0.1) is 11.3 Å². The molecule has 0 N–H and O–H groups in total. The molecule has 0 fully saturated rings. The fourth-order valence-electron chi connectivity index (χ4n) is 3.49. The Morgan fingerprint density at radius 1 is 1.36 bits per heavy atom. The van der Waals surface area contributed by atoms with Crippen LogP contribution < -0.4 is 5.56 Å². The van der Waals surface area contributed by atoms with E-state index < -0.39 is 0 Å². The van der Waals surface area contributed by atoms with Gasteiger partial charge in [-0.25, -0.2) is 4.98 Å². The van der Waals surface area contributed by atoms with Crippen molar-refractivity contribution in [1.29, 1.82) is 5.26 Å². The van der Waals surface area contributed by atoms with E-state index in [1.54, 1.807) is 15.9 Å². The highest BCUT2D eigenvalue weighted by molar-refractivity contribution is 7.99. The molecule has 0 radical (unpaired) electrons. The second-order valence-electron chi connectivity index (χ2n) is 6.31. The summed E-state index contributed by atoms with van der Waals surface area (Å²) in [6.07, 6.45) is 3.12. The minimum atomic E-state index is -0.00297. The molecule has 0 spiro atoms. The van der Waals surface area contributed by atoms with E-state index in [0.717, 1.165) is 46.3 Å². The first-order valence-electron chi connectivity index (χ1n) is 8.25. The fraction of sp³-hybridized carbons (Fsp3) is 0.316. The lowest BCUT2D eigenvalue weighted by Crippen LogP contribution is -2.22. The van der Waals surface area contributed by atoms with Crippen LogP contribution in [-0.4, -0.2) is 15.3 Å². The van der Waals surface area contributed by atoms with E-state index in [1.165, 1.54) is 22.2 Å². The summed E-state index contributed by atoms with van der Waals surface area (Å²) < 4.78 is 1.70. The van der Waals surface area contributed by atoms with Crippen LogP contribution in [0.25, 0.3) is 15.9 Å². The quantitative estimate of drug-likeness (QED) is 0.515. The molecule has 2 aromatic heterocycles. The zero-order valence-electron chi connectivity index (χ0n) is 14.1. The number of thioether (sulfide) groups is 1. The number of rotatable bonds is 3. The van der Waals surface area contributed by atoms with Gasteiger partial charge in [0.05, 0.1) is 22.9 Å². The Kier molecular flexibility index (Phi) is 4.14. The molecule has 4 rings (SSSR count). The van der Waals surface area contributed by atoms with Crippen LogP contribution in [0.3, 0.4) is 0 Å². The molecule has 0 atom stereocenters. The molecule has 1 aliphatic carbocycles. The van der Waals surface area contributed by atoms with Gasteiger partial charge in [0.2, 0.25) is 0 Å². The largest absolute Gasteiger partial charge is 0.268 e. The summed E-state index contributed by atoms with van der Waals surface area (Å²) in [5.74, 6) is 0.272. The maximum Gasteiger partial charge on any atom is 0.267 e. The summed E-state index contributed by atoms with van der Waals surface area (Å²) >= 11 is 2.96. The number of nitrogens with zero attached hydrogens (tertiary/aromatic N) is 3. The van der Waals surface area contributed by atoms with Crippen molar-refractivity contribution in [3.05, 3.63) is 50.1 Å². The van der Waals surface area contributed by atoms with Gasteiger partial charge >= 0.3 is 0 Å². The molecule has 0 saturated heterocycles. The Bertz CT molecular complexity index is 1090. The number of aryl methyl sites for hydroxylation is 4. The molecule has 1 aliphatic rings. The van der Waals surface area contributed by atoms with E-state index in [2.05, 4.69) is 12.1 Å². The van der Waals surface area contributed by atoms with E-state index in [-0.39, 0.29) is 11.3 Å². The Balaban J connectivity index is 2.04. The van der Waals surface area contributed by atoms with Crippen molar-refractivity contribution >= 4 is 33.3 Å². The van der Waals surface area contributed by atoms with Crippen molar-refractivity contribution in [3.8, 4) is 11.8 Å². The standard InChI is InChI=1S/C19H17N3OS2/c1-11-6-7-14(12(2)10-11)22-18(23)16-13-4-3-5-15(13)25-17(16)21-19(22)24-9-8-20/h6-7,10H,3-5,9H2,1-2H3. The number of hydrogen-bond donors (Lipinski definition) is 0. The normalized spacial score (nSPS) is 13.2. The molecule has 0 amide bonds. The second-order valence-corrected chi connectivity index (χ2v) is 8.34. The van der Waals surface area contributed by atoms with Gasteiger partial charge in [0.25, 0.3) is 5.56 Å². The predicted octanol–water partition coefficient (Wildman–Crippen LogP) is 4.17. The summed E-state index contributed by atoms with van der Waals surface area (Å²) in [6.45, 7) is 4.05. The maximum absolute atomic E-state index is 13.4. The topological polar surface area (TPSA) is 58.7 Å². The Morgan fingerprint density at radius 2 is 2.20 bits per heavy atom. The summed E-state index contributed by atoms with van der Waals surface area (Å²) in [4.78, 5) is 20.3. The summed E-state index contributed by atoms with van der Waals surface area (Å²) in [5, 5.41) is 10.4. The van der Waals surface area contributed by atoms with Crippen LogP contribution in [0.2, 0.25) is 0 Å². The second kappa shape index (κ2) is 6.32. The van der Waals surface area contributed by atoms with Gasteiger partial charge in [-0.2, -0.15) is 5.26 Å². The molecule has 0 bridgehead atoms. The van der Waals surface area contributed by atoms with Crippen LogP contribution >= 0.6 is 23.1 Å². The minimum Gasteiger partial charge on any atom is -0.268 e. The molecule has 0 aliphatic heterocycles. The smallest absolute Gasteiger partial charge is 0.267 e. The van der Waals surface area contributed by atoms with Gasteiger partial charge in [-0.05, 0) is 50.3 Å². The first-order chi connectivity index (χ1) is 12.1. The number of thiophene rings is 1. The molecule has 0 saturated carbocycles. The zero-order valence-corrected chi connectivity index (χ0v) is 15.8. The maximum atomic E-state index is 13.4. The molecular formula is C19H17N3OS2. The van der Waals surface area contributed by atoms with Gasteiger partial charge in [0.15, 0.2) is 5.16 Å². The third-order valence-electron chi connectivity index (χ3n) is 4.57. The van der Waals surface area contributed by atoms with E-state index in [0.29, 0.717) is 5.16 Å². The summed E-state index contributed by atoms with van der Waals surface area (Å²) in [5.41, 5.74) is 4.23. The van der Waals surface area contributed by atoms with Crippen LogP contribution in [-0.2, 0) is 12.8 Å². The van der Waals surface area contributed by atoms with E-state index in [9.17, 15) is 4.79 Å². The van der Waals surface area contributed by atoms with Crippen molar-refractivity contribution in [1.82, 2.24) is 9.55 Å². The number of aromatic nitrogens is 2. The molecule has 25 heavy (non-hydrogen) atoms. The van der Waals surface area contributed by atoms with Crippen molar-refractivity contribution in [2.24, 2.45) is 0 Å². The highest BCUT2D eigenvalue weighted by atomic mass is 32.2. The van der Waals surface area contributed by atoms with Gasteiger partial charge < -0.3 is 0 Å². The number of benzene rings is 1. The van der Waals surface area contributed by atoms with Crippen LogP contribution in [0, 0.1) is 25.2 Å². The molecule has 6 heteroatoms. The van der Waals surface area contributed by atoms with Gasteiger partial charge in [-0.1, -0.05) is 29.5 Å². The first-order valence-corrected chi connectivity index (χ1v) is 10.0. The van der Waals surface area contributed by atoms with E-state index in [4.69, 9.17) is 10.2 Å². The Hall–Kier alpha value is -2.10. The monoisotopic (exact) mass is 367 g/mol. The Labute approximate surface area is 154 Å². The molecular weight excluding hydrogens is 350 g/mol. The van der Waals surface area contributed by atoms with E-state index in [1.807, 2.05) is 26.0 Å². The van der Waals surface area contributed by atoms with Gasteiger partial charge in [-0.3, -0.25) is 9.36 Å². The molecule has 126 valence electrons. The van der Waals surface area contributed by atoms with Crippen molar-refractivity contribution in [2.75, 3.05) is 5.75 Å². The van der Waals surface area contributed by atoms with Gasteiger partial charge in [0, 0.05) is 4.88 Å². The van der Waals surface area contributed by atoms with Crippen LogP contribution in [0.4, 0.5) is 0 Å². The van der Waals surface area contributed by atoms with Crippen molar-refractivity contribution < 1.29 is 0 Å². The third-order valence-corrected chi connectivity index (χ3v) is 6.56. The number of fused-ring (bicyclic) bond motifs is 3. The molecule has 2 heterocycles. The fourth-order valence-corrected chi connectivity index (χ4v) is 5.46. The summed E-state index contributed by atoms with van der Waals surface area (Å²) in [7, 11) is 0. The first kappa shape index (κ1) is 16.4. The van der Waals surface area contributed by atoms with Crippen LogP contribution in [0.1, 0.15) is 28.0 Å². The summed E-state index contributed by atoms with van der Waals surface area (Å²) in [6, 6.07) is 8.19. The van der Waals surface area contributed by atoms with Crippen molar-refractivity contribution in [3.63, 3.8) is 0 Å². The lowest BCUT2D eigenvalue weighted by atomic mass is 10.1. The Morgan fingerprint density at radius 3 is 2.96 bits per heavy atom. The lowest BCUT2D eigenvalue weighted by molar-refractivity contribution is 0.815. The SMILES string of the molecule is Cc1ccc(-n2c(SCC#N)nc3sc4c(c3c2=O)CCC4)c(C)c1. The van der Waals surface area contributed by atoms with E-state index >= 15 is 0 Å². The lowest BCUT2D eigenvalue weighted by Gasteiger charge is -2.14. The molecule has 1 aromatic carbocycles. The predicted molar refractivity (Wildman–Crippen MR) is 103 cm³/mol. The highest BCUT2D eigenvalue weighted by Gasteiger charge is 2.24. The third kappa shape index (κ3) is 2.68.